The van der Waals surface area contributed by atoms with E-state index < -0.39 is 6.04 Å². The first-order valence-electron chi connectivity index (χ1n) is 4.97. The van der Waals surface area contributed by atoms with E-state index in [1.165, 1.54) is 7.11 Å². The van der Waals surface area contributed by atoms with Gasteiger partial charge in [-0.2, -0.15) is 0 Å². The van der Waals surface area contributed by atoms with E-state index in [0.717, 1.165) is 4.47 Å². The lowest BCUT2D eigenvalue weighted by atomic mass is 10.1. The minimum atomic E-state index is -0.585. The largest absolute Gasteiger partial charge is 0.468 e. The molecule has 92 valence electrons. The third-order valence-corrected chi connectivity index (χ3v) is 3.00. The first kappa shape index (κ1) is 14.2. The van der Waals surface area contributed by atoms with Gasteiger partial charge in [-0.3, -0.25) is 5.32 Å². The molecule has 0 bridgehead atoms. The molecule has 0 aliphatic heterocycles. The van der Waals surface area contributed by atoms with Crippen molar-refractivity contribution >= 4 is 33.5 Å². The van der Waals surface area contributed by atoms with Crippen LogP contribution in [0.1, 0.15) is 11.6 Å². The summed E-state index contributed by atoms with van der Waals surface area (Å²) in [6, 6.07) is 4.76. The van der Waals surface area contributed by atoms with E-state index in [1.54, 1.807) is 18.2 Å². The van der Waals surface area contributed by atoms with E-state index in [4.69, 9.17) is 16.3 Å². The fourth-order valence-electron chi connectivity index (χ4n) is 1.37. The highest BCUT2D eigenvalue weighted by Crippen LogP contribution is 2.27. The first-order valence-corrected chi connectivity index (χ1v) is 6.14. The van der Waals surface area contributed by atoms with Crippen molar-refractivity contribution in [1.29, 1.82) is 0 Å². The molecule has 0 amide bonds. The number of esters is 1. The Balaban J connectivity index is 3.03. The second-order valence-corrected chi connectivity index (χ2v) is 4.64. The molecule has 0 aliphatic rings. The van der Waals surface area contributed by atoms with Crippen molar-refractivity contribution in [2.24, 2.45) is 0 Å². The van der Waals surface area contributed by atoms with Crippen molar-refractivity contribution in [1.82, 2.24) is 5.32 Å². The lowest BCUT2D eigenvalue weighted by molar-refractivity contribution is -0.143. The molecule has 0 heterocycles. The Hall–Kier alpha value is -0.840. The van der Waals surface area contributed by atoms with E-state index in [1.807, 2.05) is 6.07 Å². The third kappa shape index (κ3) is 3.84. The van der Waals surface area contributed by atoms with Gasteiger partial charge in [-0.05, 0) is 17.7 Å². The molecule has 1 rings (SSSR count). The number of carbonyl (C=O) groups is 1. The number of benzene rings is 1. The van der Waals surface area contributed by atoms with Crippen LogP contribution in [0.5, 0.6) is 0 Å². The van der Waals surface area contributed by atoms with Gasteiger partial charge in [-0.15, -0.1) is 6.58 Å². The molecule has 1 atom stereocenters. The zero-order valence-corrected chi connectivity index (χ0v) is 11.7. The highest BCUT2D eigenvalue weighted by Gasteiger charge is 2.22. The summed E-state index contributed by atoms with van der Waals surface area (Å²) in [5.74, 6) is -0.379. The summed E-state index contributed by atoms with van der Waals surface area (Å²) in [7, 11) is 1.34. The fourth-order valence-corrected chi connectivity index (χ4v) is 2.16. The number of methoxy groups -OCH3 is 1. The van der Waals surface area contributed by atoms with Gasteiger partial charge in [0.15, 0.2) is 0 Å². The summed E-state index contributed by atoms with van der Waals surface area (Å²) in [5, 5.41) is 3.51. The van der Waals surface area contributed by atoms with Gasteiger partial charge in [-0.25, -0.2) is 4.79 Å². The lowest BCUT2D eigenvalue weighted by Crippen LogP contribution is -2.30. The molecule has 3 nitrogen and oxygen atoms in total. The molecule has 0 spiro atoms. The predicted octanol–water partition coefficient (Wildman–Crippen LogP) is 3.09. The minimum absolute atomic E-state index is 0.379. The van der Waals surface area contributed by atoms with Crippen LogP contribution in [0, 0.1) is 0 Å². The van der Waals surface area contributed by atoms with Crippen LogP contribution in [0.2, 0.25) is 5.02 Å². The van der Waals surface area contributed by atoms with Crippen LogP contribution in [0.25, 0.3) is 0 Å². The molecule has 1 aromatic carbocycles. The molecule has 1 aromatic rings. The Morgan fingerprint density at radius 1 is 1.71 bits per heavy atom. The molecule has 1 N–H and O–H groups in total. The summed E-state index contributed by atoms with van der Waals surface area (Å²) in [5.41, 5.74) is 0.684. The Bertz CT molecular complexity index is 423. The van der Waals surface area contributed by atoms with Crippen molar-refractivity contribution in [2.75, 3.05) is 13.7 Å². The molecular weight excluding hydrogens is 305 g/mol. The minimum Gasteiger partial charge on any atom is -0.468 e. The van der Waals surface area contributed by atoms with Gasteiger partial charge in [0.25, 0.3) is 0 Å². The summed E-state index contributed by atoms with van der Waals surface area (Å²) in [4.78, 5) is 11.7. The Morgan fingerprint density at radius 3 is 2.94 bits per heavy atom. The standard InChI is InChI=1S/C12H13BrClNO2/c1-3-6-15-11(12(16)17-2)9-5-4-8(13)7-10(9)14/h3-5,7,11,15H,1,6H2,2H3. The number of rotatable bonds is 5. The third-order valence-electron chi connectivity index (χ3n) is 2.18. The summed E-state index contributed by atoms with van der Waals surface area (Å²) in [6.45, 7) is 4.09. The van der Waals surface area contributed by atoms with Crippen molar-refractivity contribution in [3.63, 3.8) is 0 Å². The number of carbonyl (C=O) groups excluding carboxylic acids is 1. The van der Waals surface area contributed by atoms with E-state index in [2.05, 4.69) is 27.8 Å². The van der Waals surface area contributed by atoms with Gasteiger partial charge >= 0.3 is 5.97 Å². The summed E-state index contributed by atoms with van der Waals surface area (Å²) < 4.78 is 5.60. The Morgan fingerprint density at radius 2 is 2.41 bits per heavy atom. The van der Waals surface area contributed by atoms with Gasteiger partial charge in [0.2, 0.25) is 0 Å². The van der Waals surface area contributed by atoms with Gasteiger partial charge in [-0.1, -0.05) is 39.7 Å². The molecular formula is C12H13BrClNO2. The van der Waals surface area contributed by atoms with E-state index in [-0.39, 0.29) is 5.97 Å². The zero-order chi connectivity index (χ0) is 12.8. The van der Waals surface area contributed by atoms with Crippen LogP contribution in [-0.4, -0.2) is 19.6 Å². The Kier molecular flexibility index (Phi) is 5.68. The Labute approximate surface area is 114 Å². The molecule has 0 saturated heterocycles. The quantitative estimate of drug-likeness (QED) is 0.670. The van der Waals surface area contributed by atoms with Crippen molar-refractivity contribution in [3.05, 3.63) is 45.9 Å². The van der Waals surface area contributed by atoms with Crippen LogP contribution >= 0.6 is 27.5 Å². The van der Waals surface area contributed by atoms with Crippen molar-refractivity contribution in [3.8, 4) is 0 Å². The van der Waals surface area contributed by atoms with Crippen molar-refractivity contribution in [2.45, 2.75) is 6.04 Å². The van der Waals surface area contributed by atoms with Gasteiger partial charge < -0.3 is 4.74 Å². The predicted molar refractivity (Wildman–Crippen MR) is 72.1 cm³/mol. The van der Waals surface area contributed by atoms with Crippen LogP contribution in [0.4, 0.5) is 0 Å². The fraction of sp³-hybridized carbons (Fsp3) is 0.250. The first-order chi connectivity index (χ1) is 8.10. The average molecular weight is 319 g/mol. The van der Waals surface area contributed by atoms with E-state index >= 15 is 0 Å². The highest BCUT2D eigenvalue weighted by atomic mass is 79.9. The molecule has 0 aromatic heterocycles. The van der Waals surface area contributed by atoms with Crippen LogP contribution in [0.15, 0.2) is 35.3 Å². The van der Waals surface area contributed by atoms with Crippen LogP contribution in [0.3, 0.4) is 0 Å². The SMILES string of the molecule is C=CCNC(C(=O)OC)c1ccc(Br)cc1Cl. The number of ether oxygens (including phenoxy) is 1. The van der Waals surface area contributed by atoms with Gasteiger partial charge in [0, 0.05) is 16.0 Å². The van der Waals surface area contributed by atoms with Crippen molar-refractivity contribution < 1.29 is 9.53 Å². The number of hydrogen-bond donors (Lipinski definition) is 1. The lowest BCUT2D eigenvalue weighted by Gasteiger charge is -2.17. The molecule has 0 aliphatic carbocycles. The topological polar surface area (TPSA) is 38.3 Å². The molecule has 0 radical (unpaired) electrons. The maximum atomic E-state index is 11.7. The second-order valence-electron chi connectivity index (χ2n) is 3.32. The molecule has 0 saturated carbocycles. The van der Waals surface area contributed by atoms with E-state index in [9.17, 15) is 4.79 Å². The second kappa shape index (κ2) is 6.79. The van der Waals surface area contributed by atoms with Crippen LogP contribution in [-0.2, 0) is 9.53 Å². The zero-order valence-electron chi connectivity index (χ0n) is 9.37. The maximum absolute atomic E-state index is 11.7. The smallest absolute Gasteiger partial charge is 0.327 e. The maximum Gasteiger partial charge on any atom is 0.327 e. The molecule has 17 heavy (non-hydrogen) atoms. The van der Waals surface area contributed by atoms with Gasteiger partial charge in [0.1, 0.15) is 6.04 Å². The van der Waals surface area contributed by atoms with Gasteiger partial charge in [0.05, 0.1) is 7.11 Å². The number of nitrogens with one attached hydrogen (secondary N) is 1. The average Bonchev–Trinajstić information content (AvgIpc) is 2.31. The highest BCUT2D eigenvalue weighted by molar-refractivity contribution is 9.10. The number of hydrogen-bond acceptors (Lipinski definition) is 3. The number of halogens is 2. The molecule has 5 heteroatoms. The van der Waals surface area contributed by atoms with Crippen LogP contribution < -0.4 is 5.32 Å². The molecule has 0 fully saturated rings. The monoisotopic (exact) mass is 317 g/mol. The summed E-state index contributed by atoms with van der Waals surface area (Å²) in [6.07, 6.45) is 1.67. The normalized spacial score (nSPS) is 11.9. The molecule has 1 unspecified atom stereocenters. The summed E-state index contributed by atoms with van der Waals surface area (Å²) >= 11 is 9.42. The van der Waals surface area contributed by atoms with E-state index in [0.29, 0.717) is 17.1 Å².